The lowest BCUT2D eigenvalue weighted by molar-refractivity contribution is 0.195. The first-order chi connectivity index (χ1) is 10.7. The molecular weight excluding hydrogens is 296 g/mol. The number of carbonyl (C=O) groups is 1. The second-order valence-electron chi connectivity index (χ2n) is 5.66. The smallest absolute Gasteiger partial charge is 0.317 e. The quantitative estimate of drug-likeness (QED) is 0.833. The Bertz CT molecular complexity index is 603. The van der Waals surface area contributed by atoms with E-state index in [9.17, 15) is 4.79 Å². The van der Waals surface area contributed by atoms with E-state index < -0.39 is 0 Å². The van der Waals surface area contributed by atoms with Crippen molar-refractivity contribution in [3.05, 3.63) is 30.1 Å². The first-order valence-corrected chi connectivity index (χ1v) is 8.91. The van der Waals surface area contributed by atoms with Crippen molar-refractivity contribution in [3.8, 4) is 0 Å². The van der Waals surface area contributed by atoms with Crippen LogP contribution in [0.5, 0.6) is 0 Å². The lowest BCUT2D eigenvalue weighted by Crippen LogP contribution is -2.44. The zero-order valence-corrected chi connectivity index (χ0v) is 13.7. The summed E-state index contributed by atoms with van der Waals surface area (Å²) in [6.45, 7) is 0.681. The highest BCUT2D eigenvalue weighted by atomic mass is 32.2. The fraction of sp³-hybridized carbons (Fsp3) is 0.500. The van der Waals surface area contributed by atoms with Crippen LogP contribution in [0.1, 0.15) is 18.7 Å². The molecule has 0 saturated carbocycles. The number of urea groups is 1. The van der Waals surface area contributed by atoms with Gasteiger partial charge < -0.3 is 15.2 Å². The number of fused-ring (bicyclic) bond motifs is 1. The maximum absolute atomic E-state index is 12.1. The third-order valence-electron chi connectivity index (χ3n) is 4.08. The zero-order valence-electron chi connectivity index (χ0n) is 12.8. The number of nitrogens with zero attached hydrogens (tertiary/aromatic N) is 2. The van der Waals surface area contributed by atoms with Gasteiger partial charge in [0.25, 0.3) is 0 Å². The molecular formula is C16H22N4OS. The molecule has 118 valence electrons. The van der Waals surface area contributed by atoms with Crippen molar-refractivity contribution in [2.45, 2.75) is 25.3 Å². The Balaban J connectivity index is 1.42. The summed E-state index contributed by atoms with van der Waals surface area (Å²) < 4.78 is 0. The van der Waals surface area contributed by atoms with Gasteiger partial charge in [0.15, 0.2) is 0 Å². The fourth-order valence-corrected chi connectivity index (χ4v) is 3.96. The van der Waals surface area contributed by atoms with Crippen LogP contribution < -0.4 is 5.32 Å². The minimum Gasteiger partial charge on any atom is -0.342 e. The van der Waals surface area contributed by atoms with Gasteiger partial charge in [-0.3, -0.25) is 0 Å². The Hall–Kier alpha value is -1.69. The highest BCUT2D eigenvalue weighted by molar-refractivity contribution is 7.99. The summed E-state index contributed by atoms with van der Waals surface area (Å²) in [6, 6.07) is 8.46. The number of thioether (sulfide) groups is 1. The lowest BCUT2D eigenvalue weighted by atomic mass is 10.2. The number of aromatic amines is 1. The van der Waals surface area contributed by atoms with Crippen LogP contribution in [-0.4, -0.2) is 52.0 Å². The molecule has 0 bridgehead atoms. The molecule has 22 heavy (non-hydrogen) atoms. The number of carbonyl (C=O) groups excluding carboxylic acids is 1. The summed E-state index contributed by atoms with van der Waals surface area (Å²) in [5.41, 5.74) is 2.07. The minimum atomic E-state index is 0.0390. The van der Waals surface area contributed by atoms with E-state index in [4.69, 9.17) is 0 Å². The van der Waals surface area contributed by atoms with E-state index in [2.05, 4.69) is 15.3 Å². The standard InChI is InChI=1S/C16H22N4OS/c1-20(12-8-10-22-11-12)16(21)17-9-4-7-15-18-13-5-2-3-6-14(13)19-15/h2-3,5-6,12H,4,7-11H2,1H3,(H,17,21)(H,18,19)/t12-/m1/s1. The predicted octanol–water partition coefficient (Wildman–Crippen LogP) is 2.64. The SMILES string of the molecule is CN(C(=O)NCCCc1nc2ccccc2[nH]1)[C@@H]1CCSC1. The van der Waals surface area contributed by atoms with Crippen molar-refractivity contribution in [2.24, 2.45) is 0 Å². The molecule has 1 saturated heterocycles. The normalized spacial score (nSPS) is 17.8. The first kappa shape index (κ1) is 15.2. The van der Waals surface area contributed by atoms with Gasteiger partial charge in [-0.25, -0.2) is 9.78 Å². The van der Waals surface area contributed by atoms with E-state index in [1.165, 1.54) is 0 Å². The molecule has 2 aromatic rings. The third-order valence-corrected chi connectivity index (χ3v) is 5.22. The number of aryl methyl sites for hydroxylation is 1. The summed E-state index contributed by atoms with van der Waals surface area (Å²) in [4.78, 5) is 21.8. The molecule has 1 aromatic heterocycles. The monoisotopic (exact) mass is 318 g/mol. The number of rotatable bonds is 5. The molecule has 5 nitrogen and oxygen atoms in total. The van der Waals surface area contributed by atoms with Gasteiger partial charge in [-0.15, -0.1) is 0 Å². The number of aromatic nitrogens is 2. The first-order valence-electron chi connectivity index (χ1n) is 7.76. The summed E-state index contributed by atoms with van der Waals surface area (Å²) >= 11 is 1.92. The number of H-pyrrole nitrogens is 1. The number of hydrogen-bond donors (Lipinski definition) is 2. The summed E-state index contributed by atoms with van der Waals surface area (Å²) in [5.74, 6) is 3.20. The molecule has 1 fully saturated rings. The van der Waals surface area contributed by atoms with Crippen LogP contribution in [-0.2, 0) is 6.42 Å². The molecule has 2 heterocycles. The van der Waals surface area contributed by atoms with Crippen molar-refractivity contribution in [3.63, 3.8) is 0 Å². The van der Waals surface area contributed by atoms with Gasteiger partial charge in [0, 0.05) is 31.8 Å². The molecule has 3 rings (SSSR count). The molecule has 1 aliphatic rings. The van der Waals surface area contributed by atoms with Gasteiger partial charge in [-0.2, -0.15) is 11.8 Å². The molecule has 0 unspecified atom stereocenters. The van der Waals surface area contributed by atoms with Crippen molar-refractivity contribution in [1.29, 1.82) is 0 Å². The maximum atomic E-state index is 12.1. The van der Waals surface area contributed by atoms with Gasteiger partial charge in [0.2, 0.25) is 0 Å². The van der Waals surface area contributed by atoms with Crippen molar-refractivity contribution < 1.29 is 4.79 Å². The molecule has 0 radical (unpaired) electrons. The minimum absolute atomic E-state index is 0.0390. The van der Waals surface area contributed by atoms with Gasteiger partial charge in [0.05, 0.1) is 11.0 Å². The Morgan fingerprint density at radius 2 is 2.36 bits per heavy atom. The second kappa shape index (κ2) is 7.05. The van der Waals surface area contributed by atoms with E-state index in [-0.39, 0.29) is 6.03 Å². The molecule has 0 spiro atoms. The van der Waals surface area contributed by atoms with Gasteiger partial charge in [-0.1, -0.05) is 12.1 Å². The number of hydrogen-bond acceptors (Lipinski definition) is 3. The highest BCUT2D eigenvalue weighted by Crippen LogP contribution is 2.21. The summed E-state index contributed by atoms with van der Waals surface area (Å²) in [6.07, 6.45) is 2.84. The van der Waals surface area contributed by atoms with Crippen molar-refractivity contribution >= 4 is 28.8 Å². The molecule has 0 aliphatic carbocycles. The summed E-state index contributed by atoms with van der Waals surface area (Å²) in [7, 11) is 1.89. The highest BCUT2D eigenvalue weighted by Gasteiger charge is 2.23. The van der Waals surface area contributed by atoms with Gasteiger partial charge >= 0.3 is 6.03 Å². The molecule has 1 atom stereocenters. The molecule has 1 aliphatic heterocycles. The van der Waals surface area contributed by atoms with E-state index in [1.54, 1.807) is 0 Å². The van der Waals surface area contributed by atoms with E-state index >= 15 is 0 Å². The summed E-state index contributed by atoms with van der Waals surface area (Å²) in [5, 5.41) is 3.00. The van der Waals surface area contributed by atoms with Crippen LogP contribution in [0.4, 0.5) is 4.79 Å². The number of nitrogens with one attached hydrogen (secondary N) is 2. The van der Waals surface area contributed by atoms with E-state index in [0.29, 0.717) is 12.6 Å². The Labute approximate surface area is 134 Å². The van der Waals surface area contributed by atoms with Crippen molar-refractivity contribution in [1.82, 2.24) is 20.2 Å². The van der Waals surface area contributed by atoms with Crippen LogP contribution in [0.15, 0.2) is 24.3 Å². The number of benzene rings is 1. The van der Waals surface area contributed by atoms with Gasteiger partial charge in [0.1, 0.15) is 5.82 Å². The van der Waals surface area contributed by atoms with Crippen LogP contribution in [0.2, 0.25) is 0 Å². The number of amides is 2. The second-order valence-corrected chi connectivity index (χ2v) is 6.81. The average Bonchev–Trinajstić information content (AvgIpc) is 3.19. The Kier molecular flexibility index (Phi) is 4.87. The average molecular weight is 318 g/mol. The third kappa shape index (κ3) is 3.55. The maximum Gasteiger partial charge on any atom is 0.317 e. The topological polar surface area (TPSA) is 61.0 Å². The van der Waals surface area contributed by atoms with Crippen LogP contribution in [0.25, 0.3) is 11.0 Å². The number of para-hydroxylation sites is 2. The van der Waals surface area contributed by atoms with Crippen molar-refractivity contribution in [2.75, 3.05) is 25.1 Å². The van der Waals surface area contributed by atoms with Crippen LogP contribution in [0.3, 0.4) is 0 Å². The predicted molar refractivity (Wildman–Crippen MR) is 91.3 cm³/mol. The number of imidazole rings is 1. The Morgan fingerprint density at radius 1 is 1.50 bits per heavy atom. The van der Waals surface area contributed by atoms with E-state index in [1.807, 2.05) is 48.0 Å². The molecule has 6 heteroatoms. The lowest BCUT2D eigenvalue weighted by Gasteiger charge is -2.24. The van der Waals surface area contributed by atoms with E-state index in [0.717, 1.165) is 47.6 Å². The van der Waals surface area contributed by atoms with Crippen LogP contribution in [0, 0.1) is 0 Å². The molecule has 2 N–H and O–H groups in total. The Morgan fingerprint density at radius 3 is 3.14 bits per heavy atom. The van der Waals surface area contributed by atoms with Crippen LogP contribution >= 0.6 is 11.8 Å². The largest absolute Gasteiger partial charge is 0.342 e. The fourth-order valence-electron chi connectivity index (χ4n) is 2.69. The molecule has 2 amide bonds. The van der Waals surface area contributed by atoms with Gasteiger partial charge in [-0.05, 0) is 30.7 Å². The molecule has 1 aromatic carbocycles. The zero-order chi connectivity index (χ0) is 15.4.